The number of H-pyrrole nitrogens is 1. The highest BCUT2D eigenvalue weighted by Crippen LogP contribution is 2.41. The highest BCUT2D eigenvalue weighted by Gasteiger charge is 2.36. The molecule has 2 aromatic heterocycles. The number of halogens is 3. The van der Waals surface area contributed by atoms with Crippen LogP contribution in [-0.2, 0) is 11.6 Å². The summed E-state index contributed by atoms with van der Waals surface area (Å²) in [5.41, 5.74) is 1.50. The maximum atomic E-state index is 13.5. The molecule has 39 heavy (non-hydrogen) atoms. The topological polar surface area (TPSA) is 108 Å². The lowest BCUT2D eigenvalue weighted by molar-refractivity contribution is -0.138. The minimum Gasteiger partial charge on any atom is -0.496 e. The number of piperidine rings is 1. The summed E-state index contributed by atoms with van der Waals surface area (Å²) < 4.78 is 45.3. The number of anilines is 3. The summed E-state index contributed by atoms with van der Waals surface area (Å²) in [7, 11) is 3.24. The molecule has 4 aromatic rings. The van der Waals surface area contributed by atoms with Crippen molar-refractivity contribution in [3.8, 4) is 5.75 Å². The third kappa shape index (κ3) is 5.37. The van der Waals surface area contributed by atoms with Gasteiger partial charge in [0.2, 0.25) is 0 Å². The zero-order valence-corrected chi connectivity index (χ0v) is 21.7. The molecule has 5 rings (SSSR count). The molecule has 9 nitrogen and oxygen atoms in total. The van der Waals surface area contributed by atoms with E-state index in [1.54, 1.807) is 12.3 Å². The van der Waals surface area contributed by atoms with Crippen molar-refractivity contribution in [3.63, 3.8) is 0 Å². The predicted molar refractivity (Wildman–Crippen MR) is 141 cm³/mol. The molecule has 204 valence electrons. The van der Waals surface area contributed by atoms with E-state index in [-0.39, 0.29) is 16.7 Å². The smallest absolute Gasteiger partial charge is 0.419 e. The fourth-order valence-corrected chi connectivity index (χ4v) is 4.88. The minimum atomic E-state index is -4.66. The number of hydrogen-bond acceptors (Lipinski definition) is 7. The molecule has 1 aliphatic heterocycles. The van der Waals surface area contributed by atoms with Gasteiger partial charge in [0.05, 0.1) is 24.3 Å². The fourth-order valence-electron chi connectivity index (χ4n) is 4.88. The largest absolute Gasteiger partial charge is 0.496 e. The van der Waals surface area contributed by atoms with Gasteiger partial charge in [-0.05, 0) is 80.4 Å². The summed E-state index contributed by atoms with van der Waals surface area (Å²) in [6.45, 7) is 3.98. The van der Waals surface area contributed by atoms with Crippen LogP contribution in [0.3, 0.4) is 0 Å². The molecule has 12 heteroatoms. The molecule has 0 saturated carbocycles. The summed E-state index contributed by atoms with van der Waals surface area (Å²) in [6.07, 6.45) is 0.194. The van der Waals surface area contributed by atoms with Gasteiger partial charge in [0.15, 0.2) is 5.65 Å². The predicted octanol–water partition coefficient (Wildman–Crippen LogP) is 5.36. The van der Waals surface area contributed by atoms with Crippen LogP contribution in [0.25, 0.3) is 11.0 Å². The van der Waals surface area contributed by atoms with Crippen molar-refractivity contribution in [1.82, 2.24) is 25.1 Å². The molecular weight excluding hydrogens is 511 g/mol. The van der Waals surface area contributed by atoms with Crippen molar-refractivity contribution in [2.75, 3.05) is 37.9 Å². The Morgan fingerprint density at radius 3 is 2.62 bits per heavy atom. The third-order valence-electron chi connectivity index (χ3n) is 7.29. The average molecular weight is 540 g/mol. The number of aromatic nitrogens is 4. The zero-order valence-electron chi connectivity index (χ0n) is 21.7. The molecule has 0 aliphatic carbocycles. The van der Waals surface area contributed by atoms with Crippen LogP contribution in [0.1, 0.15) is 41.3 Å². The number of likely N-dealkylation sites (tertiary alicyclic amines) is 1. The first-order chi connectivity index (χ1) is 18.6. The van der Waals surface area contributed by atoms with Crippen LogP contribution >= 0.6 is 0 Å². The van der Waals surface area contributed by atoms with Gasteiger partial charge in [-0.25, -0.2) is 9.97 Å². The van der Waals surface area contributed by atoms with Gasteiger partial charge < -0.3 is 20.3 Å². The number of benzene rings is 2. The van der Waals surface area contributed by atoms with Gasteiger partial charge in [0.25, 0.3) is 5.91 Å². The molecule has 0 bridgehead atoms. The lowest BCUT2D eigenvalue weighted by atomic mass is 9.73. The number of carbonyl (C=O) groups excluding carboxylic acids is 1. The van der Waals surface area contributed by atoms with E-state index in [4.69, 9.17) is 4.74 Å². The maximum absolute atomic E-state index is 13.5. The SMILES string of the molecule is COc1ccc(C(=O)Nc2ccc(Nc3ncnc4[nH]ncc34)c(C3(C)CCN(C)CC3)c2)cc1C(F)(F)F. The fraction of sp³-hybridized carbons (Fsp3) is 0.333. The van der Waals surface area contributed by atoms with Gasteiger partial charge in [-0.2, -0.15) is 18.3 Å². The number of methoxy groups -OCH3 is 1. The number of fused-ring (bicyclic) bond motifs is 1. The van der Waals surface area contributed by atoms with Crippen molar-refractivity contribution < 1.29 is 22.7 Å². The second-order valence-electron chi connectivity index (χ2n) is 9.97. The first kappa shape index (κ1) is 26.4. The number of aromatic amines is 1. The number of amides is 1. The Morgan fingerprint density at radius 1 is 1.13 bits per heavy atom. The molecule has 1 amide bonds. The molecule has 0 radical (unpaired) electrons. The van der Waals surface area contributed by atoms with Crippen LogP contribution < -0.4 is 15.4 Å². The standard InChI is InChI=1S/C27H28F3N7O2/c1-26(8-10-37(2)11-9-26)19-13-17(5-6-21(19)35-23-18-14-33-36-24(18)32-15-31-23)34-25(38)16-4-7-22(39-3)20(12-16)27(28,29)30/h4-7,12-15H,8-11H2,1-3H3,(H,34,38)(H2,31,32,33,35,36). The first-order valence-electron chi connectivity index (χ1n) is 12.4. The van der Waals surface area contributed by atoms with E-state index in [0.717, 1.165) is 61.8 Å². The van der Waals surface area contributed by atoms with Crippen molar-refractivity contribution in [3.05, 3.63) is 65.6 Å². The number of hydrogen-bond donors (Lipinski definition) is 3. The molecule has 2 aromatic carbocycles. The molecule has 3 heterocycles. The number of nitrogens with zero attached hydrogens (tertiary/aromatic N) is 4. The van der Waals surface area contributed by atoms with E-state index >= 15 is 0 Å². The van der Waals surface area contributed by atoms with Crippen molar-refractivity contribution in [1.29, 1.82) is 0 Å². The molecule has 0 atom stereocenters. The van der Waals surface area contributed by atoms with Gasteiger partial charge in [0.1, 0.15) is 17.9 Å². The van der Waals surface area contributed by atoms with E-state index in [1.165, 1.54) is 12.4 Å². The van der Waals surface area contributed by atoms with E-state index in [9.17, 15) is 18.0 Å². The molecule has 0 unspecified atom stereocenters. The Hall–Kier alpha value is -4.19. The number of carbonyl (C=O) groups is 1. The molecule has 0 spiro atoms. The number of rotatable bonds is 6. The van der Waals surface area contributed by atoms with Crippen LogP contribution in [-0.4, -0.2) is 58.2 Å². The molecule has 1 fully saturated rings. The van der Waals surface area contributed by atoms with Crippen LogP contribution in [0.2, 0.25) is 0 Å². The van der Waals surface area contributed by atoms with E-state index < -0.39 is 17.6 Å². The van der Waals surface area contributed by atoms with Crippen LogP contribution in [0.5, 0.6) is 5.75 Å². The Morgan fingerprint density at radius 2 is 1.90 bits per heavy atom. The van der Waals surface area contributed by atoms with Gasteiger partial charge >= 0.3 is 6.18 Å². The first-order valence-corrected chi connectivity index (χ1v) is 12.4. The Bertz CT molecular complexity index is 1510. The van der Waals surface area contributed by atoms with Gasteiger partial charge in [-0.15, -0.1) is 0 Å². The van der Waals surface area contributed by atoms with Crippen molar-refractivity contribution in [2.45, 2.75) is 31.4 Å². The average Bonchev–Trinajstić information content (AvgIpc) is 3.40. The highest BCUT2D eigenvalue weighted by molar-refractivity contribution is 6.04. The van der Waals surface area contributed by atoms with Crippen molar-refractivity contribution in [2.24, 2.45) is 0 Å². The second kappa shape index (κ2) is 10.2. The Labute approximate surface area is 222 Å². The van der Waals surface area contributed by atoms with E-state index in [0.29, 0.717) is 17.2 Å². The number of ether oxygens (including phenoxy) is 1. The van der Waals surface area contributed by atoms with Gasteiger partial charge in [0, 0.05) is 16.9 Å². The van der Waals surface area contributed by atoms with Gasteiger partial charge in [-0.1, -0.05) is 6.92 Å². The van der Waals surface area contributed by atoms with Crippen molar-refractivity contribution >= 4 is 34.1 Å². The summed E-state index contributed by atoms with van der Waals surface area (Å²) in [5.74, 6) is -0.413. The van der Waals surface area contributed by atoms with Crippen LogP contribution in [0.15, 0.2) is 48.9 Å². The molecule has 3 N–H and O–H groups in total. The third-order valence-corrected chi connectivity index (χ3v) is 7.29. The van der Waals surface area contributed by atoms with E-state index in [2.05, 4.69) is 49.7 Å². The number of nitrogens with one attached hydrogen (secondary N) is 3. The minimum absolute atomic E-state index is 0.124. The summed E-state index contributed by atoms with van der Waals surface area (Å²) in [6, 6.07) is 8.70. The molecule has 1 saturated heterocycles. The second-order valence-corrected chi connectivity index (χ2v) is 9.97. The molecular formula is C27H28F3N7O2. The summed E-state index contributed by atoms with van der Waals surface area (Å²) in [5, 5.41) is 13.8. The Balaban J connectivity index is 1.49. The maximum Gasteiger partial charge on any atom is 0.419 e. The number of alkyl halides is 3. The lowest BCUT2D eigenvalue weighted by Crippen LogP contribution is -2.39. The molecule has 1 aliphatic rings. The summed E-state index contributed by atoms with van der Waals surface area (Å²) in [4.78, 5) is 23.9. The van der Waals surface area contributed by atoms with Crippen LogP contribution in [0, 0.1) is 0 Å². The lowest BCUT2D eigenvalue weighted by Gasteiger charge is -2.39. The normalized spacial score (nSPS) is 15.7. The van der Waals surface area contributed by atoms with E-state index in [1.807, 2.05) is 12.1 Å². The summed E-state index contributed by atoms with van der Waals surface area (Å²) >= 11 is 0. The quantitative estimate of drug-likeness (QED) is 0.303. The monoisotopic (exact) mass is 539 g/mol. The zero-order chi connectivity index (χ0) is 27.8. The Kier molecular flexibility index (Phi) is 6.89. The van der Waals surface area contributed by atoms with Gasteiger partial charge in [-0.3, -0.25) is 9.89 Å². The highest BCUT2D eigenvalue weighted by atomic mass is 19.4. The van der Waals surface area contributed by atoms with Crippen LogP contribution in [0.4, 0.5) is 30.4 Å².